The van der Waals surface area contributed by atoms with Gasteiger partial charge in [-0.3, -0.25) is 0 Å². The molecule has 0 unspecified atom stereocenters. The van der Waals surface area contributed by atoms with E-state index in [2.05, 4.69) is 16.9 Å². The number of aryl methyl sites for hydroxylation is 1. The van der Waals surface area contributed by atoms with E-state index in [9.17, 15) is 0 Å². The Bertz CT molecular complexity index is 488. The lowest BCUT2D eigenvalue weighted by Gasteiger charge is -2.03. The third-order valence-corrected chi connectivity index (χ3v) is 3.19. The summed E-state index contributed by atoms with van der Waals surface area (Å²) in [4.78, 5) is 8.85. The number of benzene rings is 1. The molecule has 0 saturated heterocycles. The van der Waals surface area contributed by atoms with E-state index in [4.69, 9.17) is 5.73 Å². The number of unbranched alkanes of at least 4 members (excludes halogenated alkanes) is 3. The topological polar surface area (TPSA) is 51.8 Å². The van der Waals surface area contributed by atoms with E-state index < -0.39 is 0 Å². The van der Waals surface area contributed by atoms with E-state index in [-0.39, 0.29) is 0 Å². The van der Waals surface area contributed by atoms with Gasteiger partial charge in [-0.05, 0) is 42.7 Å². The van der Waals surface area contributed by atoms with Crippen molar-refractivity contribution in [2.75, 3.05) is 5.73 Å². The minimum atomic E-state index is 0.760. The zero-order valence-corrected chi connectivity index (χ0v) is 11.5. The molecule has 0 radical (unpaired) electrons. The lowest BCUT2D eigenvalue weighted by molar-refractivity contribution is 0.665. The molecule has 1 aromatic carbocycles. The third-order valence-electron chi connectivity index (χ3n) is 3.19. The number of nitrogens with zero attached hydrogens (tertiary/aromatic N) is 2. The Hall–Kier alpha value is -1.90. The number of anilines is 1. The Balaban J connectivity index is 1.96. The van der Waals surface area contributed by atoms with Crippen LogP contribution < -0.4 is 5.73 Å². The molecular weight excluding hydrogens is 234 g/mol. The Morgan fingerprint density at radius 3 is 2.26 bits per heavy atom. The summed E-state index contributed by atoms with van der Waals surface area (Å²) < 4.78 is 0. The van der Waals surface area contributed by atoms with Crippen LogP contribution in [-0.4, -0.2) is 9.97 Å². The summed E-state index contributed by atoms with van der Waals surface area (Å²) in [5.74, 6) is 0.761. The molecule has 3 nitrogen and oxygen atoms in total. The molecule has 1 heterocycles. The maximum Gasteiger partial charge on any atom is 0.159 e. The molecule has 0 fully saturated rings. The molecule has 2 aromatic rings. The van der Waals surface area contributed by atoms with Crippen LogP contribution in [0.15, 0.2) is 36.7 Å². The van der Waals surface area contributed by atoms with Gasteiger partial charge in [-0.15, -0.1) is 0 Å². The standard InChI is InChI=1S/C16H21N3/c1-2-3-4-5-6-13-11-18-16(19-12-13)14-7-9-15(17)10-8-14/h7-12H,2-6,17H2,1H3. The van der Waals surface area contributed by atoms with Gasteiger partial charge in [0.15, 0.2) is 5.82 Å². The molecule has 2 rings (SSSR count). The molecule has 0 aliphatic carbocycles. The Labute approximate surface area is 114 Å². The molecule has 3 heteroatoms. The van der Waals surface area contributed by atoms with E-state index in [0.29, 0.717) is 0 Å². The fraction of sp³-hybridized carbons (Fsp3) is 0.375. The quantitative estimate of drug-likeness (QED) is 0.630. The Morgan fingerprint density at radius 1 is 0.947 bits per heavy atom. The van der Waals surface area contributed by atoms with Crippen LogP contribution >= 0.6 is 0 Å². The molecular formula is C16H21N3. The molecule has 100 valence electrons. The number of nitrogen functional groups attached to an aromatic ring is 1. The maximum absolute atomic E-state index is 5.67. The molecule has 0 spiro atoms. The number of rotatable bonds is 6. The van der Waals surface area contributed by atoms with Crippen molar-refractivity contribution < 1.29 is 0 Å². The first-order valence-corrected chi connectivity index (χ1v) is 6.96. The van der Waals surface area contributed by atoms with Crippen molar-refractivity contribution in [2.45, 2.75) is 39.0 Å². The largest absolute Gasteiger partial charge is 0.399 e. The normalized spacial score (nSPS) is 10.6. The first-order chi connectivity index (χ1) is 9.29. The number of aromatic nitrogens is 2. The van der Waals surface area contributed by atoms with E-state index in [1.807, 2.05) is 36.7 Å². The van der Waals surface area contributed by atoms with E-state index in [0.717, 1.165) is 23.5 Å². The van der Waals surface area contributed by atoms with Crippen LogP contribution in [0, 0.1) is 0 Å². The summed E-state index contributed by atoms with van der Waals surface area (Å²) in [6.45, 7) is 2.23. The smallest absolute Gasteiger partial charge is 0.159 e. The first-order valence-electron chi connectivity index (χ1n) is 6.96. The molecule has 0 bridgehead atoms. The van der Waals surface area contributed by atoms with Crippen LogP contribution in [-0.2, 0) is 6.42 Å². The predicted octanol–water partition coefficient (Wildman–Crippen LogP) is 3.85. The van der Waals surface area contributed by atoms with Crippen molar-refractivity contribution in [1.29, 1.82) is 0 Å². The average molecular weight is 255 g/mol. The monoisotopic (exact) mass is 255 g/mol. The second-order valence-electron chi connectivity index (χ2n) is 4.85. The number of hydrogen-bond donors (Lipinski definition) is 1. The highest BCUT2D eigenvalue weighted by atomic mass is 14.9. The van der Waals surface area contributed by atoms with Crippen LogP contribution in [0.4, 0.5) is 5.69 Å². The number of nitrogens with two attached hydrogens (primary N) is 1. The predicted molar refractivity (Wildman–Crippen MR) is 79.7 cm³/mol. The van der Waals surface area contributed by atoms with Crippen LogP contribution in [0.3, 0.4) is 0 Å². The minimum Gasteiger partial charge on any atom is -0.399 e. The summed E-state index contributed by atoms with van der Waals surface area (Å²) in [5, 5.41) is 0. The summed E-state index contributed by atoms with van der Waals surface area (Å²) in [6, 6.07) is 7.64. The van der Waals surface area contributed by atoms with Crippen LogP contribution in [0.25, 0.3) is 11.4 Å². The van der Waals surface area contributed by atoms with E-state index in [1.54, 1.807) is 0 Å². The van der Waals surface area contributed by atoms with Gasteiger partial charge in [0.05, 0.1) is 0 Å². The van der Waals surface area contributed by atoms with E-state index >= 15 is 0 Å². The van der Waals surface area contributed by atoms with Gasteiger partial charge in [0.1, 0.15) is 0 Å². The van der Waals surface area contributed by atoms with Crippen LogP contribution in [0.2, 0.25) is 0 Å². The molecule has 0 atom stereocenters. The van der Waals surface area contributed by atoms with Crippen molar-refractivity contribution in [1.82, 2.24) is 9.97 Å². The summed E-state index contributed by atoms with van der Waals surface area (Å²) in [5.41, 5.74) is 8.65. The molecule has 1 aromatic heterocycles. The van der Waals surface area contributed by atoms with Crippen LogP contribution in [0.5, 0.6) is 0 Å². The van der Waals surface area contributed by atoms with Gasteiger partial charge in [-0.1, -0.05) is 26.2 Å². The van der Waals surface area contributed by atoms with Gasteiger partial charge in [0, 0.05) is 23.6 Å². The summed E-state index contributed by atoms with van der Waals surface area (Å²) >= 11 is 0. The van der Waals surface area contributed by atoms with Gasteiger partial charge in [-0.2, -0.15) is 0 Å². The molecule has 0 aliphatic heterocycles. The van der Waals surface area contributed by atoms with Crippen molar-refractivity contribution in [3.05, 3.63) is 42.2 Å². The molecule has 0 amide bonds. The number of hydrogen-bond acceptors (Lipinski definition) is 3. The van der Waals surface area contributed by atoms with Crippen LogP contribution in [0.1, 0.15) is 38.2 Å². The summed E-state index contributed by atoms with van der Waals surface area (Å²) in [6.07, 6.45) is 10.0. The van der Waals surface area contributed by atoms with Gasteiger partial charge in [-0.25, -0.2) is 9.97 Å². The van der Waals surface area contributed by atoms with E-state index in [1.165, 1.54) is 31.2 Å². The van der Waals surface area contributed by atoms with Gasteiger partial charge < -0.3 is 5.73 Å². The average Bonchev–Trinajstić information content (AvgIpc) is 2.45. The first kappa shape index (κ1) is 13.5. The van der Waals surface area contributed by atoms with Crippen molar-refractivity contribution in [3.8, 4) is 11.4 Å². The second kappa shape index (κ2) is 6.88. The SMILES string of the molecule is CCCCCCc1cnc(-c2ccc(N)cc2)nc1. The van der Waals surface area contributed by atoms with Crippen molar-refractivity contribution in [3.63, 3.8) is 0 Å². The van der Waals surface area contributed by atoms with Crippen molar-refractivity contribution >= 4 is 5.69 Å². The molecule has 19 heavy (non-hydrogen) atoms. The lowest BCUT2D eigenvalue weighted by atomic mass is 10.1. The highest BCUT2D eigenvalue weighted by Crippen LogP contribution is 2.16. The fourth-order valence-electron chi connectivity index (χ4n) is 2.02. The minimum absolute atomic E-state index is 0.760. The van der Waals surface area contributed by atoms with Gasteiger partial charge in [0.2, 0.25) is 0 Å². The Morgan fingerprint density at radius 2 is 1.63 bits per heavy atom. The second-order valence-corrected chi connectivity index (χ2v) is 4.85. The third kappa shape index (κ3) is 4.05. The fourth-order valence-corrected chi connectivity index (χ4v) is 2.02. The zero-order valence-electron chi connectivity index (χ0n) is 11.5. The summed E-state index contributed by atoms with van der Waals surface area (Å²) in [7, 11) is 0. The molecule has 2 N–H and O–H groups in total. The molecule has 0 aliphatic rings. The van der Waals surface area contributed by atoms with Gasteiger partial charge >= 0.3 is 0 Å². The lowest BCUT2D eigenvalue weighted by Crippen LogP contribution is -1.93. The molecule has 0 saturated carbocycles. The Kier molecular flexibility index (Phi) is 4.90. The zero-order chi connectivity index (χ0) is 13.5. The highest BCUT2D eigenvalue weighted by molar-refractivity contribution is 5.58. The van der Waals surface area contributed by atoms with Crippen molar-refractivity contribution in [2.24, 2.45) is 0 Å². The van der Waals surface area contributed by atoms with Gasteiger partial charge in [0.25, 0.3) is 0 Å². The highest BCUT2D eigenvalue weighted by Gasteiger charge is 2.01. The maximum atomic E-state index is 5.67.